The summed E-state index contributed by atoms with van der Waals surface area (Å²) in [4.78, 5) is 20.8. The van der Waals surface area contributed by atoms with Gasteiger partial charge in [0, 0.05) is 32.2 Å². The molecule has 0 aliphatic carbocycles. The maximum absolute atomic E-state index is 13.5. The summed E-state index contributed by atoms with van der Waals surface area (Å²) >= 11 is 0. The number of rotatable bonds is 3. The fourth-order valence-electron chi connectivity index (χ4n) is 4.99. The van der Waals surface area contributed by atoms with Gasteiger partial charge in [0.1, 0.15) is 11.1 Å². The van der Waals surface area contributed by atoms with Crippen molar-refractivity contribution in [3.63, 3.8) is 0 Å². The third-order valence-electron chi connectivity index (χ3n) is 6.28. The van der Waals surface area contributed by atoms with Gasteiger partial charge in [-0.2, -0.15) is 10.1 Å². The molecule has 1 fully saturated rings. The van der Waals surface area contributed by atoms with Crippen molar-refractivity contribution < 1.29 is 0 Å². The number of aromatic nitrogens is 4. The molecule has 3 aromatic rings. The minimum absolute atomic E-state index is 0.0260. The van der Waals surface area contributed by atoms with Crippen LogP contribution in [0.5, 0.6) is 0 Å². The second-order valence-corrected chi connectivity index (χ2v) is 8.87. The van der Waals surface area contributed by atoms with Crippen LogP contribution in [0.1, 0.15) is 43.4 Å². The Labute approximate surface area is 172 Å². The maximum Gasteiger partial charge on any atom is 0.266 e. The summed E-state index contributed by atoms with van der Waals surface area (Å²) in [6.45, 7) is 11.7. The van der Waals surface area contributed by atoms with Crippen LogP contribution in [0.2, 0.25) is 0 Å². The summed E-state index contributed by atoms with van der Waals surface area (Å²) in [5, 5.41) is 5.36. The van der Waals surface area contributed by atoms with Crippen LogP contribution in [0.25, 0.3) is 22.3 Å². The monoisotopic (exact) mass is 393 g/mol. The molecular formula is C23H31N5O. The number of hydrogen-bond donors (Lipinski definition) is 0. The van der Waals surface area contributed by atoms with E-state index in [0.717, 1.165) is 47.7 Å². The zero-order valence-electron chi connectivity index (χ0n) is 18.6. The van der Waals surface area contributed by atoms with Crippen LogP contribution in [0.4, 0.5) is 5.95 Å². The van der Waals surface area contributed by atoms with E-state index in [4.69, 9.17) is 10.1 Å². The smallest absolute Gasteiger partial charge is 0.266 e. The number of anilines is 1. The van der Waals surface area contributed by atoms with Crippen LogP contribution >= 0.6 is 0 Å². The van der Waals surface area contributed by atoms with Crippen LogP contribution in [0, 0.1) is 26.7 Å². The van der Waals surface area contributed by atoms with Gasteiger partial charge in [0.25, 0.3) is 5.56 Å². The van der Waals surface area contributed by atoms with Crippen molar-refractivity contribution in [1.29, 1.82) is 0 Å². The fraction of sp³-hybridized carbons (Fsp3) is 0.522. The summed E-state index contributed by atoms with van der Waals surface area (Å²) in [6, 6.07) is 4.71. The molecule has 1 aliphatic rings. The minimum Gasteiger partial charge on any atom is -0.339 e. The van der Waals surface area contributed by atoms with E-state index in [1.807, 2.05) is 14.1 Å². The zero-order chi connectivity index (χ0) is 21.0. The normalized spacial score (nSPS) is 17.1. The molecule has 0 saturated carbocycles. The van der Waals surface area contributed by atoms with Gasteiger partial charge in [-0.25, -0.2) is 4.68 Å². The van der Waals surface area contributed by atoms with E-state index in [1.165, 1.54) is 5.56 Å². The van der Waals surface area contributed by atoms with Crippen LogP contribution in [-0.4, -0.2) is 31.9 Å². The molecule has 6 nitrogen and oxygen atoms in total. The molecule has 0 bridgehead atoms. The van der Waals surface area contributed by atoms with Crippen molar-refractivity contribution in [2.75, 3.05) is 11.4 Å². The number of aryl methyl sites for hydroxylation is 4. The second-order valence-electron chi connectivity index (χ2n) is 8.87. The summed E-state index contributed by atoms with van der Waals surface area (Å²) in [6.07, 6.45) is 2.28. The first-order chi connectivity index (χ1) is 13.7. The first kappa shape index (κ1) is 19.7. The summed E-state index contributed by atoms with van der Waals surface area (Å²) in [5.41, 5.74) is 5.88. The van der Waals surface area contributed by atoms with Gasteiger partial charge in [-0.05, 0) is 50.7 Å². The van der Waals surface area contributed by atoms with Gasteiger partial charge in [-0.3, -0.25) is 9.36 Å². The summed E-state index contributed by atoms with van der Waals surface area (Å²) in [7, 11) is 3.72. The van der Waals surface area contributed by atoms with E-state index in [1.54, 1.807) is 9.25 Å². The molecule has 1 unspecified atom stereocenters. The average molecular weight is 394 g/mol. The molecular weight excluding hydrogens is 362 g/mol. The molecule has 0 radical (unpaired) electrons. The second kappa shape index (κ2) is 7.01. The van der Waals surface area contributed by atoms with E-state index in [-0.39, 0.29) is 5.56 Å². The Morgan fingerprint density at radius 1 is 1.10 bits per heavy atom. The van der Waals surface area contributed by atoms with E-state index < -0.39 is 0 Å². The Bertz CT molecular complexity index is 1130. The first-order valence-electron chi connectivity index (χ1n) is 10.5. The van der Waals surface area contributed by atoms with Crippen molar-refractivity contribution in [2.24, 2.45) is 20.0 Å². The first-order valence-corrected chi connectivity index (χ1v) is 10.5. The van der Waals surface area contributed by atoms with Crippen LogP contribution in [0.3, 0.4) is 0 Å². The molecule has 1 atom stereocenters. The molecule has 29 heavy (non-hydrogen) atoms. The van der Waals surface area contributed by atoms with Gasteiger partial charge in [0.05, 0.1) is 0 Å². The third kappa shape index (κ3) is 3.05. The average Bonchev–Trinajstić information content (AvgIpc) is 3.22. The van der Waals surface area contributed by atoms with E-state index >= 15 is 0 Å². The highest BCUT2D eigenvalue weighted by molar-refractivity contribution is 5.93. The molecule has 0 amide bonds. The van der Waals surface area contributed by atoms with Crippen molar-refractivity contribution >= 4 is 17.0 Å². The lowest BCUT2D eigenvalue weighted by molar-refractivity contribution is 0.482. The SMILES string of the molecule is Cc1cc(C)c(-c2nn(C)c3nc(N4CCCC4C(C)C)n(C)c(=O)c23)c(C)c1. The predicted molar refractivity (Wildman–Crippen MR) is 119 cm³/mol. The lowest BCUT2D eigenvalue weighted by Gasteiger charge is -2.29. The van der Waals surface area contributed by atoms with E-state index in [0.29, 0.717) is 23.0 Å². The molecule has 3 heterocycles. The van der Waals surface area contributed by atoms with Gasteiger partial charge in [0.15, 0.2) is 5.65 Å². The van der Waals surface area contributed by atoms with Gasteiger partial charge in [-0.1, -0.05) is 31.5 Å². The highest BCUT2D eigenvalue weighted by Gasteiger charge is 2.31. The minimum atomic E-state index is -0.0260. The van der Waals surface area contributed by atoms with Gasteiger partial charge >= 0.3 is 0 Å². The van der Waals surface area contributed by atoms with Crippen molar-refractivity contribution in [2.45, 2.75) is 53.5 Å². The van der Waals surface area contributed by atoms with Crippen LogP contribution < -0.4 is 10.5 Å². The Morgan fingerprint density at radius 3 is 2.38 bits per heavy atom. The van der Waals surface area contributed by atoms with Crippen molar-refractivity contribution in [1.82, 2.24) is 19.3 Å². The third-order valence-corrected chi connectivity index (χ3v) is 6.28. The molecule has 1 aliphatic heterocycles. The highest BCUT2D eigenvalue weighted by atomic mass is 16.1. The molecule has 2 aromatic heterocycles. The maximum atomic E-state index is 13.5. The largest absolute Gasteiger partial charge is 0.339 e. The molecule has 0 N–H and O–H groups in total. The topological polar surface area (TPSA) is 56.0 Å². The molecule has 0 spiro atoms. The molecule has 6 heteroatoms. The number of nitrogens with zero attached hydrogens (tertiary/aromatic N) is 5. The van der Waals surface area contributed by atoms with Crippen LogP contribution in [0.15, 0.2) is 16.9 Å². The van der Waals surface area contributed by atoms with Gasteiger partial charge in [0.2, 0.25) is 5.95 Å². The van der Waals surface area contributed by atoms with Crippen LogP contribution in [-0.2, 0) is 14.1 Å². The summed E-state index contributed by atoms with van der Waals surface area (Å²) in [5.74, 6) is 1.27. The summed E-state index contributed by atoms with van der Waals surface area (Å²) < 4.78 is 3.47. The fourth-order valence-corrected chi connectivity index (χ4v) is 4.99. The van der Waals surface area contributed by atoms with Crippen molar-refractivity contribution in [3.8, 4) is 11.3 Å². The Balaban J connectivity index is 1.97. The van der Waals surface area contributed by atoms with E-state index in [2.05, 4.69) is 51.7 Å². The number of hydrogen-bond acceptors (Lipinski definition) is 4. The Kier molecular flexibility index (Phi) is 4.75. The van der Waals surface area contributed by atoms with Gasteiger partial charge < -0.3 is 4.90 Å². The quantitative estimate of drug-likeness (QED) is 0.678. The molecule has 1 saturated heterocycles. The molecule has 154 valence electrons. The zero-order valence-corrected chi connectivity index (χ0v) is 18.6. The predicted octanol–water partition coefficient (Wildman–Crippen LogP) is 3.88. The van der Waals surface area contributed by atoms with Gasteiger partial charge in [-0.15, -0.1) is 0 Å². The molecule has 1 aromatic carbocycles. The van der Waals surface area contributed by atoms with Crippen molar-refractivity contribution in [3.05, 3.63) is 39.2 Å². The number of benzene rings is 1. The molecule has 4 rings (SSSR count). The lowest BCUT2D eigenvalue weighted by atomic mass is 9.96. The Morgan fingerprint density at radius 2 is 1.76 bits per heavy atom. The lowest BCUT2D eigenvalue weighted by Crippen LogP contribution is -2.38. The highest BCUT2D eigenvalue weighted by Crippen LogP contribution is 2.33. The standard InChI is InChI=1S/C23H31N5O/c1-13(2)17-9-8-10-28(17)23-24-21-19(22(29)26(23)6)20(25-27(21)7)18-15(4)11-14(3)12-16(18)5/h11-13,17H,8-10H2,1-7H3. The van der Waals surface area contributed by atoms with E-state index in [9.17, 15) is 4.79 Å². The Hall–Kier alpha value is -2.63. The number of fused-ring (bicyclic) bond motifs is 1.